The average molecular weight is 240 g/mol. The summed E-state index contributed by atoms with van der Waals surface area (Å²) in [4.78, 5) is 4.31. The Morgan fingerprint density at radius 2 is 2.17 bits per heavy atom. The number of likely N-dealkylation sites (N-methyl/N-ethyl adjacent to an activating group) is 1. The molecule has 1 saturated heterocycles. The fourth-order valence-electron chi connectivity index (χ4n) is 2.40. The Morgan fingerprint density at radius 3 is 2.89 bits per heavy atom. The van der Waals surface area contributed by atoms with Crippen molar-refractivity contribution < 1.29 is 0 Å². The zero-order chi connectivity index (χ0) is 13.0. The summed E-state index contributed by atoms with van der Waals surface area (Å²) in [5.74, 6) is 0. The minimum Gasteiger partial charge on any atom is -0.369 e. The number of nitrogens with zero attached hydrogens (tertiary/aromatic N) is 4. The molecular formula is C14H16N4. The molecule has 1 fully saturated rings. The van der Waals surface area contributed by atoms with Crippen molar-refractivity contribution in [2.45, 2.75) is 12.5 Å². The van der Waals surface area contributed by atoms with E-state index < -0.39 is 0 Å². The van der Waals surface area contributed by atoms with E-state index in [1.54, 1.807) is 0 Å². The van der Waals surface area contributed by atoms with Gasteiger partial charge in [-0.15, -0.1) is 0 Å². The Bertz CT molecular complexity index is 497. The van der Waals surface area contributed by atoms with Gasteiger partial charge in [-0.1, -0.05) is 12.1 Å². The zero-order valence-electron chi connectivity index (χ0n) is 10.5. The summed E-state index contributed by atoms with van der Waals surface area (Å²) < 4.78 is 0. The Hall–Kier alpha value is -2.04. The van der Waals surface area contributed by atoms with Crippen molar-refractivity contribution in [2.24, 2.45) is 0 Å². The van der Waals surface area contributed by atoms with Crippen LogP contribution in [0.4, 0.5) is 5.69 Å². The van der Waals surface area contributed by atoms with Crippen LogP contribution in [0.2, 0.25) is 0 Å². The highest BCUT2D eigenvalue weighted by atomic mass is 15.2. The van der Waals surface area contributed by atoms with Gasteiger partial charge < -0.3 is 4.90 Å². The lowest BCUT2D eigenvalue weighted by Crippen LogP contribution is -2.34. The molecule has 0 amide bonds. The normalized spacial score (nSPS) is 18.7. The Morgan fingerprint density at radius 1 is 1.39 bits per heavy atom. The molecule has 0 aliphatic carbocycles. The molecule has 1 heterocycles. The van der Waals surface area contributed by atoms with Gasteiger partial charge in [0.1, 0.15) is 6.07 Å². The predicted molar refractivity (Wildman–Crippen MR) is 70.0 cm³/mol. The molecule has 0 N–H and O–H groups in total. The van der Waals surface area contributed by atoms with Crippen molar-refractivity contribution in [3.05, 3.63) is 29.8 Å². The van der Waals surface area contributed by atoms with Gasteiger partial charge in [0, 0.05) is 19.1 Å². The van der Waals surface area contributed by atoms with Crippen molar-refractivity contribution in [1.82, 2.24) is 4.90 Å². The van der Waals surface area contributed by atoms with E-state index >= 15 is 0 Å². The summed E-state index contributed by atoms with van der Waals surface area (Å²) in [5.41, 5.74) is 1.73. The molecule has 4 heteroatoms. The van der Waals surface area contributed by atoms with Crippen LogP contribution in [-0.4, -0.2) is 37.6 Å². The molecule has 1 aromatic rings. The zero-order valence-corrected chi connectivity index (χ0v) is 10.5. The molecule has 92 valence electrons. The first kappa shape index (κ1) is 12.4. The topological polar surface area (TPSA) is 54.1 Å². The predicted octanol–water partition coefficient (Wildman–Crippen LogP) is 1.59. The summed E-state index contributed by atoms with van der Waals surface area (Å²) in [6.45, 7) is 2.29. The van der Waals surface area contributed by atoms with Crippen LogP contribution in [0.1, 0.15) is 12.0 Å². The van der Waals surface area contributed by atoms with E-state index in [1.807, 2.05) is 31.3 Å². The lowest BCUT2D eigenvalue weighted by atomic mass is 10.2. The summed E-state index contributed by atoms with van der Waals surface area (Å²) in [5, 5.41) is 17.8. The van der Waals surface area contributed by atoms with Crippen molar-refractivity contribution in [2.75, 3.05) is 31.6 Å². The van der Waals surface area contributed by atoms with Gasteiger partial charge in [0.25, 0.3) is 0 Å². The first-order valence-electron chi connectivity index (χ1n) is 6.07. The van der Waals surface area contributed by atoms with Gasteiger partial charge >= 0.3 is 0 Å². The fourth-order valence-corrected chi connectivity index (χ4v) is 2.40. The minimum atomic E-state index is 0.399. The van der Waals surface area contributed by atoms with Gasteiger partial charge in [0.2, 0.25) is 0 Å². The Balaban J connectivity index is 2.10. The summed E-state index contributed by atoms with van der Waals surface area (Å²) in [6, 6.07) is 12.5. The fraction of sp³-hybridized carbons (Fsp3) is 0.429. The SMILES string of the molecule is CN(CC#N)C1CCN(c2ccccc2C#N)C1. The number of hydrogen-bond acceptors (Lipinski definition) is 4. The molecule has 18 heavy (non-hydrogen) atoms. The molecule has 1 aliphatic rings. The second-order valence-corrected chi connectivity index (χ2v) is 4.59. The van der Waals surface area contributed by atoms with Gasteiger partial charge in [-0.3, -0.25) is 4.90 Å². The monoisotopic (exact) mass is 240 g/mol. The molecule has 0 radical (unpaired) electrons. The van der Waals surface area contributed by atoms with Crippen LogP contribution in [0.5, 0.6) is 0 Å². The highest BCUT2D eigenvalue weighted by Crippen LogP contribution is 2.25. The average Bonchev–Trinajstić information content (AvgIpc) is 2.88. The molecule has 1 atom stereocenters. The summed E-state index contributed by atoms with van der Waals surface area (Å²) in [7, 11) is 1.98. The molecule has 2 rings (SSSR count). The van der Waals surface area contributed by atoms with Gasteiger partial charge in [-0.25, -0.2) is 0 Å². The lowest BCUT2D eigenvalue weighted by Gasteiger charge is -2.23. The summed E-state index contributed by atoms with van der Waals surface area (Å²) >= 11 is 0. The molecule has 1 aromatic carbocycles. The molecular weight excluding hydrogens is 224 g/mol. The molecule has 1 unspecified atom stereocenters. The maximum atomic E-state index is 9.11. The molecule has 1 aliphatic heterocycles. The Kier molecular flexibility index (Phi) is 3.82. The molecule has 0 bridgehead atoms. The number of anilines is 1. The third-order valence-corrected chi connectivity index (χ3v) is 3.47. The summed E-state index contributed by atoms with van der Waals surface area (Å²) in [6.07, 6.45) is 1.04. The lowest BCUT2D eigenvalue weighted by molar-refractivity contribution is 0.289. The van der Waals surface area contributed by atoms with E-state index in [0.717, 1.165) is 30.8 Å². The van der Waals surface area contributed by atoms with Crippen LogP contribution in [0.15, 0.2) is 24.3 Å². The first-order chi connectivity index (χ1) is 8.76. The van der Waals surface area contributed by atoms with Crippen molar-refractivity contribution >= 4 is 5.69 Å². The number of rotatable bonds is 3. The van der Waals surface area contributed by atoms with E-state index in [9.17, 15) is 0 Å². The van der Waals surface area contributed by atoms with Crippen molar-refractivity contribution in [3.63, 3.8) is 0 Å². The van der Waals surface area contributed by atoms with Gasteiger partial charge in [0.05, 0.1) is 23.9 Å². The van der Waals surface area contributed by atoms with E-state index in [0.29, 0.717) is 12.6 Å². The standard InChI is InChI=1S/C14H16N4/c1-17(9-7-15)13-6-8-18(11-13)14-5-3-2-4-12(14)10-16/h2-5,13H,6,8-9,11H2,1H3. The van der Waals surface area contributed by atoms with Crippen LogP contribution in [0, 0.1) is 22.7 Å². The van der Waals surface area contributed by atoms with Crippen LogP contribution in [0.25, 0.3) is 0 Å². The van der Waals surface area contributed by atoms with Crippen molar-refractivity contribution in [1.29, 1.82) is 10.5 Å². The van der Waals surface area contributed by atoms with Crippen LogP contribution in [0.3, 0.4) is 0 Å². The van der Waals surface area contributed by atoms with Crippen molar-refractivity contribution in [3.8, 4) is 12.1 Å². The van der Waals surface area contributed by atoms with E-state index in [-0.39, 0.29) is 0 Å². The minimum absolute atomic E-state index is 0.399. The number of nitriles is 2. The van der Waals surface area contributed by atoms with Gasteiger partial charge in [0.15, 0.2) is 0 Å². The largest absolute Gasteiger partial charge is 0.369 e. The highest BCUT2D eigenvalue weighted by molar-refractivity contribution is 5.59. The molecule has 0 spiro atoms. The third kappa shape index (κ3) is 2.45. The van der Waals surface area contributed by atoms with Crippen LogP contribution in [-0.2, 0) is 0 Å². The smallest absolute Gasteiger partial charge is 0.101 e. The van der Waals surface area contributed by atoms with E-state index in [1.165, 1.54) is 0 Å². The number of benzene rings is 1. The van der Waals surface area contributed by atoms with E-state index in [2.05, 4.69) is 21.9 Å². The van der Waals surface area contributed by atoms with Crippen LogP contribution >= 0.6 is 0 Å². The number of para-hydroxylation sites is 1. The second kappa shape index (κ2) is 5.53. The second-order valence-electron chi connectivity index (χ2n) is 4.59. The third-order valence-electron chi connectivity index (χ3n) is 3.47. The quantitative estimate of drug-likeness (QED) is 0.753. The Labute approximate surface area is 108 Å². The first-order valence-corrected chi connectivity index (χ1v) is 6.07. The molecule has 4 nitrogen and oxygen atoms in total. The van der Waals surface area contributed by atoms with E-state index in [4.69, 9.17) is 10.5 Å². The van der Waals surface area contributed by atoms with Crippen LogP contribution < -0.4 is 4.90 Å². The van der Waals surface area contributed by atoms with Gasteiger partial charge in [-0.05, 0) is 25.6 Å². The molecule has 0 aromatic heterocycles. The number of hydrogen-bond donors (Lipinski definition) is 0. The highest BCUT2D eigenvalue weighted by Gasteiger charge is 2.26. The maximum absolute atomic E-state index is 9.11. The van der Waals surface area contributed by atoms with Gasteiger partial charge in [-0.2, -0.15) is 10.5 Å². The maximum Gasteiger partial charge on any atom is 0.101 e. The molecule has 0 saturated carbocycles.